The van der Waals surface area contributed by atoms with Gasteiger partial charge in [0.25, 0.3) is 0 Å². The molecule has 2 aromatic rings. The Balaban J connectivity index is 1.98. The van der Waals surface area contributed by atoms with Gasteiger partial charge in [0.1, 0.15) is 0 Å². The van der Waals surface area contributed by atoms with E-state index in [0.29, 0.717) is 17.4 Å². The van der Waals surface area contributed by atoms with Crippen molar-refractivity contribution < 1.29 is 4.79 Å². The van der Waals surface area contributed by atoms with Crippen molar-refractivity contribution in [3.8, 4) is 0 Å². The highest BCUT2D eigenvalue weighted by molar-refractivity contribution is 6.31. The third-order valence-electron chi connectivity index (χ3n) is 2.66. The van der Waals surface area contributed by atoms with E-state index in [2.05, 4.69) is 10.4 Å². The van der Waals surface area contributed by atoms with Crippen LogP contribution >= 0.6 is 11.6 Å². The number of aryl methyl sites for hydroxylation is 1. The Bertz CT molecular complexity index is 582. The number of aromatic nitrogens is 2. The highest BCUT2D eigenvalue weighted by atomic mass is 35.5. The molecule has 0 atom stereocenters. The highest BCUT2D eigenvalue weighted by Crippen LogP contribution is 2.16. The highest BCUT2D eigenvalue weighted by Gasteiger charge is 2.11. The molecular weight excluding hydrogens is 264 g/mol. The summed E-state index contributed by atoms with van der Waals surface area (Å²) < 4.78 is 1.63. The van der Waals surface area contributed by atoms with Gasteiger partial charge in [-0.1, -0.05) is 29.8 Å². The number of rotatable bonds is 3. The average molecular weight is 279 g/mol. The van der Waals surface area contributed by atoms with Crippen molar-refractivity contribution in [2.24, 2.45) is 7.05 Å². The van der Waals surface area contributed by atoms with E-state index in [9.17, 15) is 4.79 Å². The molecule has 0 aliphatic rings. The van der Waals surface area contributed by atoms with Crippen LogP contribution in [0.4, 0.5) is 10.6 Å². The number of hydrogen-bond donors (Lipinski definition) is 1. The molecule has 1 aromatic carbocycles. The van der Waals surface area contributed by atoms with Crippen molar-refractivity contribution in [3.05, 3.63) is 47.1 Å². The number of urea groups is 1. The summed E-state index contributed by atoms with van der Waals surface area (Å²) in [5.74, 6) is 0.526. The zero-order valence-electron chi connectivity index (χ0n) is 10.8. The van der Waals surface area contributed by atoms with E-state index in [0.717, 1.165) is 5.56 Å². The summed E-state index contributed by atoms with van der Waals surface area (Å²) in [6.07, 6.45) is 1.77. The quantitative estimate of drug-likeness (QED) is 0.938. The number of benzene rings is 1. The van der Waals surface area contributed by atoms with Gasteiger partial charge >= 0.3 is 6.03 Å². The monoisotopic (exact) mass is 278 g/mol. The van der Waals surface area contributed by atoms with Crippen LogP contribution in [0.2, 0.25) is 5.02 Å². The zero-order chi connectivity index (χ0) is 13.8. The summed E-state index contributed by atoms with van der Waals surface area (Å²) in [6, 6.07) is 8.97. The van der Waals surface area contributed by atoms with E-state index in [1.54, 1.807) is 42.0 Å². The minimum Gasteiger partial charge on any atom is -0.323 e. The maximum atomic E-state index is 12.0. The van der Waals surface area contributed by atoms with Crippen LogP contribution in [0, 0.1) is 0 Å². The van der Waals surface area contributed by atoms with Gasteiger partial charge in [-0.25, -0.2) is 4.79 Å². The minimum absolute atomic E-state index is 0.224. The van der Waals surface area contributed by atoms with Crippen LogP contribution in [0.3, 0.4) is 0 Å². The second-order valence-electron chi connectivity index (χ2n) is 4.25. The van der Waals surface area contributed by atoms with Gasteiger partial charge in [0, 0.05) is 37.9 Å². The van der Waals surface area contributed by atoms with E-state index < -0.39 is 0 Å². The van der Waals surface area contributed by atoms with Crippen LogP contribution in [0.1, 0.15) is 5.56 Å². The topological polar surface area (TPSA) is 50.2 Å². The summed E-state index contributed by atoms with van der Waals surface area (Å²) in [6.45, 7) is 0.443. The van der Waals surface area contributed by atoms with E-state index in [1.165, 1.54) is 0 Å². The summed E-state index contributed by atoms with van der Waals surface area (Å²) in [4.78, 5) is 13.5. The van der Waals surface area contributed by atoms with Gasteiger partial charge in [-0.2, -0.15) is 5.10 Å². The number of anilines is 1. The van der Waals surface area contributed by atoms with Crippen LogP contribution < -0.4 is 5.32 Å². The molecule has 1 aromatic heterocycles. The van der Waals surface area contributed by atoms with Gasteiger partial charge in [-0.15, -0.1) is 0 Å². The van der Waals surface area contributed by atoms with Crippen molar-refractivity contribution in [1.29, 1.82) is 0 Å². The van der Waals surface area contributed by atoms with Gasteiger partial charge in [0.15, 0.2) is 5.82 Å². The molecule has 0 spiro atoms. The standard InChI is InChI=1S/C13H15ClN4O/c1-17(9-10-5-3-4-6-11(10)14)13(19)15-12-7-8-18(2)16-12/h3-8H,9H2,1-2H3,(H,15,16,19). The van der Waals surface area contributed by atoms with Crippen molar-refractivity contribution in [3.63, 3.8) is 0 Å². The number of halogens is 1. The molecule has 0 bridgehead atoms. The molecule has 0 fully saturated rings. The maximum absolute atomic E-state index is 12.0. The predicted molar refractivity (Wildman–Crippen MR) is 75.1 cm³/mol. The zero-order valence-corrected chi connectivity index (χ0v) is 11.6. The van der Waals surface area contributed by atoms with Gasteiger partial charge in [-0.3, -0.25) is 10.00 Å². The molecule has 0 radical (unpaired) electrons. The molecule has 1 N–H and O–H groups in total. The van der Waals surface area contributed by atoms with E-state index in [4.69, 9.17) is 11.6 Å². The van der Waals surface area contributed by atoms with Crippen molar-refractivity contribution in [2.75, 3.05) is 12.4 Å². The molecule has 0 saturated heterocycles. The fourth-order valence-corrected chi connectivity index (χ4v) is 1.84. The van der Waals surface area contributed by atoms with E-state index in [-0.39, 0.29) is 6.03 Å². The van der Waals surface area contributed by atoms with Crippen LogP contribution in [-0.4, -0.2) is 27.8 Å². The predicted octanol–water partition coefficient (Wildman–Crippen LogP) is 2.74. The average Bonchev–Trinajstić information content (AvgIpc) is 2.77. The number of hydrogen-bond acceptors (Lipinski definition) is 2. The number of nitrogens with one attached hydrogen (secondary N) is 1. The Labute approximate surface area is 116 Å². The normalized spacial score (nSPS) is 10.3. The first-order valence-electron chi connectivity index (χ1n) is 5.81. The molecule has 1 heterocycles. The molecule has 19 heavy (non-hydrogen) atoms. The van der Waals surface area contributed by atoms with E-state index in [1.807, 2.05) is 18.2 Å². The molecular formula is C13H15ClN4O. The van der Waals surface area contributed by atoms with Crippen molar-refractivity contribution >= 4 is 23.4 Å². The first-order chi connectivity index (χ1) is 9.06. The Hall–Kier alpha value is -2.01. The number of nitrogens with zero attached hydrogens (tertiary/aromatic N) is 3. The molecule has 100 valence electrons. The van der Waals surface area contributed by atoms with Gasteiger partial charge in [-0.05, 0) is 11.6 Å². The first kappa shape index (κ1) is 13.4. The summed E-state index contributed by atoms with van der Waals surface area (Å²) >= 11 is 6.06. The summed E-state index contributed by atoms with van der Waals surface area (Å²) in [5, 5.41) is 7.46. The Morgan fingerprint density at radius 2 is 2.16 bits per heavy atom. The van der Waals surface area contributed by atoms with Crippen molar-refractivity contribution in [2.45, 2.75) is 6.54 Å². The molecule has 2 amide bonds. The fraction of sp³-hybridized carbons (Fsp3) is 0.231. The van der Waals surface area contributed by atoms with Crippen LogP contribution in [0.15, 0.2) is 36.5 Å². The Morgan fingerprint density at radius 1 is 1.42 bits per heavy atom. The van der Waals surface area contributed by atoms with Gasteiger partial charge in [0.05, 0.1) is 0 Å². The molecule has 6 heteroatoms. The number of amides is 2. The molecule has 0 aliphatic heterocycles. The lowest BCUT2D eigenvalue weighted by atomic mass is 10.2. The smallest absolute Gasteiger partial charge is 0.323 e. The largest absolute Gasteiger partial charge is 0.323 e. The molecule has 0 saturated carbocycles. The molecule has 2 rings (SSSR count). The van der Waals surface area contributed by atoms with Crippen LogP contribution in [0.5, 0.6) is 0 Å². The third kappa shape index (κ3) is 3.48. The molecule has 5 nitrogen and oxygen atoms in total. The molecule has 0 unspecified atom stereocenters. The number of carbonyl (C=O) groups is 1. The van der Waals surface area contributed by atoms with Crippen molar-refractivity contribution in [1.82, 2.24) is 14.7 Å². The van der Waals surface area contributed by atoms with E-state index >= 15 is 0 Å². The second kappa shape index (κ2) is 5.75. The minimum atomic E-state index is -0.224. The van der Waals surface area contributed by atoms with Crippen LogP contribution in [-0.2, 0) is 13.6 Å². The Morgan fingerprint density at radius 3 is 2.79 bits per heavy atom. The SMILES string of the molecule is CN(Cc1ccccc1Cl)C(=O)Nc1ccn(C)n1. The Kier molecular flexibility index (Phi) is 4.06. The second-order valence-corrected chi connectivity index (χ2v) is 4.66. The third-order valence-corrected chi connectivity index (χ3v) is 3.03. The lowest BCUT2D eigenvalue weighted by Crippen LogP contribution is -2.31. The summed E-state index contributed by atoms with van der Waals surface area (Å²) in [7, 11) is 3.50. The number of carbonyl (C=O) groups excluding carboxylic acids is 1. The van der Waals surface area contributed by atoms with Crippen LogP contribution in [0.25, 0.3) is 0 Å². The summed E-state index contributed by atoms with van der Waals surface area (Å²) in [5.41, 5.74) is 0.905. The maximum Gasteiger partial charge on any atom is 0.323 e. The molecule has 0 aliphatic carbocycles. The first-order valence-corrected chi connectivity index (χ1v) is 6.19. The lowest BCUT2D eigenvalue weighted by molar-refractivity contribution is 0.220. The van der Waals surface area contributed by atoms with Gasteiger partial charge < -0.3 is 4.90 Å². The fourth-order valence-electron chi connectivity index (χ4n) is 1.64. The lowest BCUT2D eigenvalue weighted by Gasteiger charge is -2.17. The van der Waals surface area contributed by atoms with Gasteiger partial charge in [0.2, 0.25) is 0 Å².